The highest BCUT2D eigenvalue weighted by atomic mass is 32.1. The fourth-order valence-corrected chi connectivity index (χ4v) is 3.80. The van der Waals surface area contributed by atoms with E-state index in [0.29, 0.717) is 11.3 Å². The average molecular weight is 403 g/mol. The summed E-state index contributed by atoms with van der Waals surface area (Å²) in [6.45, 7) is 0. The molecule has 0 spiro atoms. The number of ether oxygens (including phenoxy) is 1. The van der Waals surface area contributed by atoms with Crippen molar-refractivity contribution in [2.45, 2.75) is 6.18 Å². The summed E-state index contributed by atoms with van der Waals surface area (Å²) in [6.07, 6.45) is -3.78. The van der Waals surface area contributed by atoms with Gasteiger partial charge in [-0.3, -0.25) is 15.1 Å². The summed E-state index contributed by atoms with van der Waals surface area (Å²) in [5.74, 6) is -0.416. The van der Waals surface area contributed by atoms with Crippen LogP contribution in [-0.4, -0.2) is 23.0 Å². The predicted molar refractivity (Wildman–Crippen MR) is 101 cm³/mol. The van der Waals surface area contributed by atoms with Crippen molar-refractivity contribution in [3.63, 3.8) is 0 Å². The molecular formula is C19H12F3N3O2S. The van der Waals surface area contributed by atoms with Crippen LogP contribution >= 0.6 is 11.3 Å². The largest absolute Gasteiger partial charge is 0.494 e. The number of carbonyl (C=O) groups excluding carboxylic acids is 1. The minimum atomic E-state index is -4.72. The van der Waals surface area contributed by atoms with E-state index >= 15 is 0 Å². The lowest BCUT2D eigenvalue weighted by molar-refractivity contribution is -0.136. The van der Waals surface area contributed by atoms with Crippen molar-refractivity contribution in [3.8, 4) is 5.75 Å². The molecule has 2 aromatic heterocycles. The number of carbonyl (C=O) groups is 1. The Morgan fingerprint density at radius 3 is 2.68 bits per heavy atom. The summed E-state index contributed by atoms with van der Waals surface area (Å²) >= 11 is 1.14. The molecule has 0 unspecified atom stereocenters. The van der Waals surface area contributed by atoms with Crippen LogP contribution in [0.3, 0.4) is 0 Å². The number of halogens is 3. The van der Waals surface area contributed by atoms with Gasteiger partial charge in [-0.25, -0.2) is 4.98 Å². The number of methoxy groups -OCH3 is 1. The number of hydrogen-bond donors (Lipinski definition) is 1. The van der Waals surface area contributed by atoms with E-state index < -0.39 is 23.2 Å². The fourth-order valence-electron chi connectivity index (χ4n) is 2.92. The maximum Gasteiger partial charge on any atom is 0.417 e. The van der Waals surface area contributed by atoms with Gasteiger partial charge < -0.3 is 4.74 Å². The normalized spacial score (nSPS) is 11.7. The quantitative estimate of drug-likeness (QED) is 0.515. The number of rotatable bonds is 3. The Balaban J connectivity index is 1.77. The molecule has 0 aliphatic rings. The Bertz CT molecular complexity index is 1200. The van der Waals surface area contributed by atoms with Crippen LogP contribution in [0.2, 0.25) is 0 Å². The number of thiazole rings is 1. The topological polar surface area (TPSA) is 64.1 Å². The molecule has 0 fully saturated rings. The van der Waals surface area contributed by atoms with Gasteiger partial charge in [-0.05, 0) is 18.2 Å². The first kappa shape index (κ1) is 18.2. The monoisotopic (exact) mass is 403 g/mol. The number of alkyl halides is 3. The van der Waals surface area contributed by atoms with Gasteiger partial charge in [0.2, 0.25) is 0 Å². The van der Waals surface area contributed by atoms with Gasteiger partial charge in [0.1, 0.15) is 11.3 Å². The third-order valence-corrected chi connectivity index (χ3v) is 5.06. The number of pyridine rings is 1. The summed E-state index contributed by atoms with van der Waals surface area (Å²) < 4.78 is 47.1. The zero-order valence-corrected chi connectivity index (χ0v) is 15.2. The van der Waals surface area contributed by atoms with E-state index in [0.717, 1.165) is 22.2 Å². The Kier molecular flexibility index (Phi) is 4.38. The minimum Gasteiger partial charge on any atom is -0.494 e. The summed E-state index contributed by atoms with van der Waals surface area (Å²) in [7, 11) is 1.49. The Labute approximate surface area is 160 Å². The summed E-state index contributed by atoms with van der Waals surface area (Å²) in [5, 5.41) is 2.49. The SMILES string of the molecule is COc1cccc2sc(NC(=O)c3cnc4ccccc4c3C(F)(F)F)nc12. The van der Waals surface area contributed by atoms with Crippen LogP contribution in [-0.2, 0) is 6.18 Å². The number of anilines is 1. The highest BCUT2D eigenvalue weighted by Crippen LogP contribution is 2.37. The molecule has 5 nitrogen and oxygen atoms in total. The number of nitrogens with zero attached hydrogens (tertiary/aromatic N) is 2. The fraction of sp³-hybridized carbons (Fsp3) is 0.105. The molecule has 142 valence electrons. The number of aromatic nitrogens is 2. The molecule has 0 aliphatic heterocycles. The number of para-hydroxylation sites is 2. The third-order valence-electron chi connectivity index (χ3n) is 4.13. The van der Waals surface area contributed by atoms with E-state index in [2.05, 4.69) is 15.3 Å². The van der Waals surface area contributed by atoms with Crippen LogP contribution in [0, 0.1) is 0 Å². The van der Waals surface area contributed by atoms with Gasteiger partial charge in [-0.15, -0.1) is 0 Å². The van der Waals surface area contributed by atoms with Crippen molar-refractivity contribution < 1.29 is 22.7 Å². The lowest BCUT2D eigenvalue weighted by Crippen LogP contribution is -2.19. The van der Waals surface area contributed by atoms with E-state index in [9.17, 15) is 18.0 Å². The van der Waals surface area contributed by atoms with E-state index in [1.807, 2.05) is 0 Å². The van der Waals surface area contributed by atoms with E-state index in [1.54, 1.807) is 24.3 Å². The first-order valence-corrected chi connectivity index (χ1v) is 8.90. The molecule has 0 aliphatic carbocycles. The molecule has 28 heavy (non-hydrogen) atoms. The second-order valence-electron chi connectivity index (χ2n) is 5.84. The Morgan fingerprint density at radius 2 is 1.93 bits per heavy atom. The first-order chi connectivity index (χ1) is 13.4. The minimum absolute atomic E-state index is 0.131. The van der Waals surface area contributed by atoms with Gasteiger partial charge in [0.15, 0.2) is 5.13 Å². The Hall–Kier alpha value is -3.20. The molecule has 4 aromatic rings. The van der Waals surface area contributed by atoms with Gasteiger partial charge in [0, 0.05) is 11.6 Å². The van der Waals surface area contributed by atoms with Crippen LogP contribution in [0.15, 0.2) is 48.7 Å². The molecule has 0 radical (unpaired) electrons. The number of benzene rings is 2. The molecule has 9 heteroatoms. The maximum atomic E-state index is 13.7. The predicted octanol–water partition coefficient (Wildman–Crippen LogP) is 5.12. The molecule has 2 aromatic carbocycles. The van der Waals surface area contributed by atoms with Crippen molar-refractivity contribution in [1.82, 2.24) is 9.97 Å². The highest BCUT2D eigenvalue weighted by Gasteiger charge is 2.37. The van der Waals surface area contributed by atoms with Crippen molar-refractivity contribution in [2.24, 2.45) is 0 Å². The van der Waals surface area contributed by atoms with Crippen LogP contribution in [0.4, 0.5) is 18.3 Å². The van der Waals surface area contributed by atoms with Gasteiger partial charge >= 0.3 is 6.18 Å². The zero-order chi connectivity index (χ0) is 19.9. The molecular weight excluding hydrogens is 391 g/mol. The van der Waals surface area contributed by atoms with E-state index in [4.69, 9.17) is 4.74 Å². The summed E-state index contributed by atoms with van der Waals surface area (Å²) in [4.78, 5) is 20.9. The number of hydrogen-bond acceptors (Lipinski definition) is 5. The first-order valence-electron chi connectivity index (χ1n) is 8.08. The van der Waals surface area contributed by atoms with Crippen LogP contribution in [0.5, 0.6) is 5.75 Å². The third kappa shape index (κ3) is 3.13. The van der Waals surface area contributed by atoms with E-state index in [-0.39, 0.29) is 16.0 Å². The van der Waals surface area contributed by atoms with Crippen LogP contribution in [0.1, 0.15) is 15.9 Å². The molecule has 2 heterocycles. The van der Waals surface area contributed by atoms with Crippen molar-refractivity contribution in [2.75, 3.05) is 12.4 Å². The molecule has 1 amide bonds. The summed E-state index contributed by atoms with van der Waals surface area (Å²) in [5.41, 5.74) is -0.888. The van der Waals surface area contributed by atoms with Gasteiger partial charge in [-0.1, -0.05) is 35.6 Å². The van der Waals surface area contributed by atoms with Gasteiger partial charge in [0.05, 0.1) is 28.5 Å². The lowest BCUT2D eigenvalue weighted by Gasteiger charge is -2.14. The number of fused-ring (bicyclic) bond motifs is 2. The van der Waals surface area contributed by atoms with E-state index in [1.165, 1.54) is 25.3 Å². The van der Waals surface area contributed by atoms with Gasteiger partial charge in [-0.2, -0.15) is 13.2 Å². The van der Waals surface area contributed by atoms with Crippen LogP contribution in [0.25, 0.3) is 21.1 Å². The second kappa shape index (κ2) is 6.75. The zero-order valence-electron chi connectivity index (χ0n) is 14.4. The van der Waals surface area contributed by atoms with Crippen molar-refractivity contribution in [3.05, 3.63) is 59.8 Å². The molecule has 0 saturated carbocycles. The second-order valence-corrected chi connectivity index (χ2v) is 6.87. The van der Waals surface area contributed by atoms with Crippen molar-refractivity contribution >= 4 is 43.5 Å². The molecule has 1 N–H and O–H groups in total. The molecule has 0 saturated heterocycles. The smallest absolute Gasteiger partial charge is 0.417 e. The average Bonchev–Trinajstić information content (AvgIpc) is 3.08. The number of amides is 1. The molecule has 4 rings (SSSR count). The maximum absolute atomic E-state index is 13.7. The van der Waals surface area contributed by atoms with Gasteiger partial charge in [0.25, 0.3) is 5.91 Å². The van der Waals surface area contributed by atoms with Crippen molar-refractivity contribution in [1.29, 1.82) is 0 Å². The number of nitrogens with one attached hydrogen (secondary N) is 1. The molecule has 0 bridgehead atoms. The lowest BCUT2D eigenvalue weighted by atomic mass is 10.0. The standard InChI is InChI=1S/C19H12F3N3O2S/c1-27-13-7-4-8-14-16(13)24-18(28-14)25-17(26)11-9-23-12-6-3-2-5-10(12)15(11)19(20,21)22/h2-9H,1H3,(H,24,25,26). The van der Waals surface area contributed by atoms with Crippen LogP contribution < -0.4 is 10.1 Å². The summed E-state index contributed by atoms with van der Waals surface area (Å²) in [6, 6.07) is 11.1. The molecule has 0 atom stereocenters. The Morgan fingerprint density at radius 1 is 1.14 bits per heavy atom. The highest BCUT2D eigenvalue weighted by molar-refractivity contribution is 7.22.